The molecule has 0 saturated carbocycles. The van der Waals surface area contributed by atoms with Crippen LogP contribution in [0.4, 0.5) is 0 Å². The Morgan fingerprint density at radius 1 is 1.14 bits per heavy atom. The van der Waals surface area contributed by atoms with E-state index in [1.54, 1.807) is 33.1 Å². The first kappa shape index (κ1) is 20.9. The third kappa shape index (κ3) is 4.12. The highest BCUT2D eigenvalue weighted by atomic mass is 16.5. The fourth-order valence-corrected chi connectivity index (χ4v) is 4.01. The summed E-state index contributed by atoms with van der Waals surface area (Å²) in [6.45, 7) is 3.50. The number of ether oxygens (including phenoxy) is 2. The van der Waals surface area contributed by atoms with E-state index in [1.807, 2.05) is 36.4 Å². The number of rotatable bonds is 3. The van der Waals surface area contributed by atoms with Crippen LogP contribution in [0.1, 0.15) is 43.0 Å². The third-order valence-electron chi connectivity index (χ3n) is 5.31. The number of amides is 1. The number of methoxy groups -OCH3 is 2. The van der Waals surface area contributed by atoms with E-state index in [-0.39, 0.29) is 24.5 Å². The molecule has 0 aromatic heterocycles. The zero-order chi connectivity index (χ0) is 21.0. The molecule has 0 radical (unpaired) electrons. The quantitative estimate of drug-likeness (QED) is 0.861. The number of fused-ring (bicyclic) bond motifs is 3. The topological polar surface area (TPSA) is 71.4 Å². The van der Waals surface area contributed by atoms with E-state index in [0.29, 0.717) is 0 Å². The highest BCUT2D eigenvalue weighted by Gasteiger charge is 2.43. The number of aryl methyl sites for hydroxylation is 1. The van der Waals surface area contributed by atoms with Crippen LogP contribution in [0.5, 0.6) is 11.5 Å². The number of aliphatic hydroxyl groups excluding tert-OH is 1. The molecule has 1 heterocycles. The molecular formula is C23H28N2O4. The van der Waals surface area contributed by atoms with Crippen molar-refractivity contribution in [1.29, 1.82) is 0 Å². The van der Waals surface area contributed by atoms with Crippen LogP contribution in [0.15, 0.2) is 47.6 Å². The molecule has 2 aromatic carbocycles. The Hall–Kier alpha value is -2.86. The fourth-order valence-electron chi connectivity index (χ4n) is 4.01. The number of nitrogens with zero attached hydrogens (tertiary/aromatic N) is 2. The molecule has 154 valence electrons. The van der Waals surface area contributed by atoms with Crippen molar-refractivity contribution >= 4 is 11.6 Å². The van der Waals surface area contributed by atoms with Crippen molar-refractivity contribution in [3.8, 4) is 11.5 Å². The van der Waals surface area contributed by atoms with E-state index in [9.17, 15) is 4.79 Å². The lowest BCUT2D eigenvalue weighted by molar-refractivity contribution is -0.131. The largest absolute Gasteiger partial charge is 0.497 e. The summed E-state index contributed by atoms with van der Waals surface area (Å²) in [4.78, 5) is 12.3. The molecule has 0 saturated heterocycles. The number of hydrogen-bond donors (Lipinski definition) is 1. The Bertz CT molecular complexity index is 892. The number of hydrogen-bond acceptors (Lipinski definition) is 5. The van der Waals surface area contributed by atoms with Crippen LogP contribution < -0.4 is 9.47 Å². The average Bonchev–Trinajstić information content (AvgIpc) is 3.14. The van der Waals surface area contributed by atoms with E-state index in [2.05, 4.69) is 6.07 Å². The Labute approximate surface area is 171 Å². The number of carbonyl (C=O) groups excluding carboxylic acids is 1. The smallest absolute Gasteiger partial charge is 0.240 e. The van der Waals surface area contributed by atoms with Gasteiger partial charge in [0.15, 0.2) is 0 Å². The molecule has 2 atom stereocenters. The highest BCUT2D eigenvalue weighted by Crippen LogP contribution is 2.44. The normalized spacial score (nSPS) is 19.3. The number of benzene rings is 2. The van der Waals surface area contributed by atoms with E-state index < -0.39 is 0 Å². The minimum atomic E-state index is -0.0762. The second-order valence-electron chi connectivity index (χ2n) is 7.05. The van der Waals surface area contributed by atoms with Gasteiger partial charge >= 0.3 is 0 Å². The van der Waals surface area contributed by atoms with Gasteiger partial charge in [0.2, 0.25) is 5.91 Å². The van der Waals surface area contributed by atoms with Crippen LogP contribution >= 0.6 is 0 Å². The summed E-state index contributed by atoms with van der Waals surface area (Å²) >= 11 is 0. The van der Waals surface area contributed by atoms with Crippen molar-refractivity contribution in [1.82, 2.24) is 5.01 Å². The van der Waals surface area contributed by atoms with Gasteiger partial charge in [-0.2, -0.15) is 5.10 Å². The zero-order valence-corrected chi connectivity index (χ0v) is 17.4. The summed E-state index contributed by atoms with van der Waals surface area (Å²) in [7, 11) is 3.32. The molecule has 1 aliphatic carbocycles. The maximum Gasteiger partial charge on any atom is 0.240 e. The second kappa shape index (κ2) is 9.09. The standard InChI is InChI=1S/C21H22N2O3.C2H6O/c1-13(24)23-21(15-5-8-16(25-2)9-6-15)18-11-7-14-4-10-17(26-3)12-19(14)20(18)22-23;1-2-3/h4-6,8-10,12,18,21H,7,11H2,1-3H3;3H,2H2,1H3. The molecule has 6 heteroatoms. The Kier molecular flexibility index (Phi) is 6.54. The number of carbonyl (C=O) groups is 1. The fraction of sp³-hybridized carbons (Fsp3) is 0.391. The van der Waals surface area contributed by atoms with Gasteiger partial charge in [0.1, 0.15) is 11.5 Å². The predicted molar refractivity (Wildman–Crippen MR) is 112 cm³/mol. The maximum atomic E-state index is 12.3. The summed E-state index contributed by atoms with van der Waals surface area (Å²) in [5.41, 5.74) is 4.43. The third-order valence-corrected chi connectivity index (χ3v) is 5.31. The van der Waals surface area contributed by atoms with E-state index >= 15 is 0 Å². The highest BCUT2D eigenvalue weighted by molar-refractivity contribution is 6.07. The molecule has 2 aliphatic rings. The van der Waals surface area contributed by atoms with Gasteiger partial charge in [-0.25, -0.2) is 5.01 Å². The molecule has 29 heavy (non-hydrogen) atoms. The molecule has 2 aromatic rings. The van der Waals surface area contributed by atoms with Gasteiger partial charge in [-0.15, -0.1) is 0 Å². The second-order valence-corrected chi connectivity index (χ2v) is 7.05. The van der Waals surface area contributed by atoms with E-state index in [4.69, 9.17) is 19.7 Å². The van der Waals surface area contributed by atoms with Crippen molar-refractivity contribution in [2.75, 3.05) is 20.8 Å². The molecule has 1 aliphatic heterocycles. The van der Waals surface area contributed by atoms with Crippen molar-refractivity contribution < 1.29 is 19.4 Å². The van der Waals surface area contributed by atoms with Gasteiger partial charge in [0.25, 0.3) is 0 Å². The van der Waals surface area contributed by atoms with Crippen LogP contribution in [0.3, 0.4) is 0 Å². The summed E-state index contributed by atoms with van der Waals surface area (Å²) < 4.78 is 10.7. The lowest BCUT2D eigenvalue weighted by atomic mass is 9.77. The monoisotopic (exact) mass is 396 g/mol. The minimum Gasteiger partial charge on any atom is -0.497 e. The van der Waals surface area contributed by atoms with Crippen LogP contribution in [-0.2, 0) is 11.2 Å². The molecule has 0 fully saturated rings. The molecule has 4 rings (SSSR count). The van der Waals surface area contributed by atoms with Gasteiger partial charge in [-0.3, -0.25) is 4.79 Å². The lowest BCUT2D eigenvalue weighted by Crippen LogP contribution is -2.31. The molecule has 6 nitrogen and oxygen atoms in total. The van der Waals surface area contributed by atoms with Crippen molar-refractivity contribution in [2.24, 2.45) is 11.0 Å². The first-order valence-corrected chi connectivity index (χ1v) is 9.84. The first-order valence-electron chi connectivity index (χ1n) is 9.84. The van der Waals surface area contributed by atoms with Crippen LogP contribution in [-0.4, -0.2) is 42.6 Å². The van der Waals surface area contributed by atoms with Crippen molar-refractivity contribution in [3.05, 3.63) is 59.2 Å². The van der Waals surface area contributed by atoms with Crippen molar-refractivity contribution in [2.45, 2.75) is 32.7 Å². The Morgan fingerprint density at radius 3 is 2.34 bits per heavy atom. The molecule has 0 spiro atoms. The van der Waals surface area contributed by atoms with Crippen molar-refractivity contribution in [3.63, 3.8) is 0 Å². The molecular weight excluding hydrogens is 368 g/mol. The number of aliphatic hydroxyl groups is 1. The van der Waals surface area contributed by atoms with E-state index in [0.717, 1.165) is 41.2 Å². The van der Waals surface area contributed by atoms with Gasteiger partial charge in [-0.1, -0.05) is 18.2 Å². The summed E-state index contributed by atoms with van der Waals surface area (Å²) in [6, 6.07) is 14.0. The maximum absolute atomic E-state index is 12.3. The Balaban J connectivity index is 0.000000755. The predicted octanol–water partition coefficient (Wildman–Crippen LogP) is 3.57. The van der Waals surface area contributed by atoms with E-state index in [1.165, 1.54) is 5.56 Å². The van der Waals surface area contributed by atoms with Gasteiger partial charge in [0, 0.05) is 25.0 Å². The Morgan fingerprint density at radius 2 is 1.76 bits per heavy atom. The van der Waals surface area contributed by atoms with Crippen LogP contribution in [0.25, 0.3) is 0 Å². The lowest BCUT2D eigenvalue weighted by Gasteiger charge is -2.29. The number of hydrazone groups is 1. The van der Waals surface area contributed by atoms with Crippen LogP contribution in [0.2, 0.25) is 0 Å². The zero-order valence-electron chi connectivity index (χ0n) is 17.4. The molecule has 1 N–H and O–H groups in total. The SMILES string of the molecule is CCO.COc1ccc(C2C3CCc4ccc(OC)cc4C3=NN2C(C)=O)cc1. The summed E-state index contributed by atoms with van der Waals surface area (Å²) in [6.07, 6.45) is 1.94. The molecule has 0 bridgehead atoms. The summed E-state index contributed by atoms with van der Waals surface area (Å²) in [5.74, 6) is 1.76. The summed E-state index contributed by atoms with van der Waals surface area (Å²) in [5, 5.41) is 13.9. The average molecular weight is 396 g/mol. The van der Waals surface area contributed by atoms with Gasteiger partial charge in [-0.05, 0) is 55.2 Å². The van der Waals surface area contributed by atoms with Gasteiger partial charge in [0.05, 0.1) is 26.0 Å². The van der Waals surface area contributed by atoms with Gasteiger partial charge < -0.3 is 14.6 Å². The molecule has 1 amide bonds. The molecule has 2 unspecified atom stereocenters. The van der Waals surface area contributed by atoms with Crippen LogP contribution in [0, 0.1) is 5.92 Å². The first-order chi connectivity index (χ1) is 14.0. The minimum absolute atomic E-state index is 0.0443.